The zero-order chi connectivity index (χ0) is 12.8. The van der Waals surface area contributed by atoms with E-state index in [4.69, 9.17) is 4.98 Å². The molecule has 2 heterocycles. The van der Waals surface area contributed by atoms with Gasteiger partial charge >= 0.3 is 18.9 Å². The van der Waals surface area contributed by atoms with Crippen LogP contribution in [-0.4, -0.2) is 9.38 Å². The van der Waals surface area contributed by atoms with Crippen LogP contribution in [0.15, 0.2) is 48.7 Å². The van der Waals surface area contributed by atoms with Crippen molar-refractivity contribution < 1.29 is 18.9 Å². The van der Waals surface area contributed by atoms with Gasteiger partial charge in [-0.05, 0) is 17.9 Å². The molecule has 2 aromatic carbocycles. The van der Waals surface area contributed by atoms with Gasteiger partial charge in [0.05, 0.1) is 5.65 Å². The van der Waals surface area contributed by atoms with Gasteiger partial charge < -0.3 is 4.40 Å². The van der Waals surface area contributed by atoms with Gasteiger partial charge in [-0.15, -0.1) is 29.7 Å². The van der Waals surface area contributed by atoms with Crippen molar-refractivity contribution >= 4 is 27.3 Å². The molecule has 0 spiro atoms. The van der Waals surface area contributed by atoms with E-state index in [2.05, 4.69) is 53.9 Å². The number of aromatic nitrogens is 2. The minimum absolute atomic E-state index is 0. The Bertz CT molecular complexity index is 836. The molecule has 0 unspecified atom stereocenters. The average Bonchev–Trinajstić information content (AvgIpc) is 2.92. The third-order valence-electron chi connectivity index (χ3n) is 3.65. The summed E-state index contributed by atoms with van der Waals surface area (Å²) in [5, 5.41) is 3.57. The molecule has 0 saturated carbocycles. The third-order valence-corrected chi connectivity index (χ3v) is 3.65. The second kappa shape index (κ2) is 4.98. The van der Waals surface area contributed by atoms with Gasteiger partial charge in [0.15, 0.2) is 0 Å². The Hall–Kier alpha value is -1.75. The van der Waals surface area contributed by atoms with Gasteiger partial charge in [-0.2, -0.15) is 0 Å². The van der Waals surface area contributed by atoms with Crippen LogP contribution < -0.4 is 18.9 Å². The molecule has 0 N–H and O–H groups in total. The molecule has 0 bridgehead atoms. The van der Waals surface area contributed by atoms with Crippen molar-refractivity contribution in [3.05, 3.63) is 60.4 Å². The minimum atomic E-state index is 0. The Morgan fingerprint density at radius 3 is 2.75 bits per heavy atom. The fraction of sp³-hybridized carbons (Fsp3) is 0.118. The van der Waals surface area contributed by atoms with Crippen LogP contribution in [0.25, 0.3) is 27.3 Å². The van der Waals surface area contributed by atoms with Crippen molar-refractivity contribution in [2.75, 3.05) is 0 Å². The summed E-state index contributed by atoms with van der Waals surface area (Å²) in [4.78, 5) is 4.74. The van der Waals surface area contributed by atoms with E-state index in [1.165, 1.54) is 16.3 Å². The van der Waals surface area contributed by atoms with E-state index in [0.717, 1.165) is 23.1 Å². The molecule has 0 fully saturated rings. The van der Waals surface area contributed by atoms with Crippen LogP contribution in [0.1, 0.15) is 12.6 Å². The van der Waals surface area contributed by atoms with E-state index >= 15 is 0 Å². The van der Waals surface area contributed by atoms with Gasteiger partial charge in [-0.25, -0.2) is 0 Å². The second-order valence-corrected chi connectivity index (χ2v) is 4.76. The Morgan fingerprint density at radius 2 is 1.90 bits per heavy atom. The van der Waals surface area contributed by atoms with E-state index in [9.17, 15) is 0 Å². The number of imidazole rings is 1. The minimum Gasteiger partial charge on any atom is -0.340 e. The summed E-state index contributed by atoms with van der Waals surface area (Å²) in [5.41, 5.74) is 3.33. The number of aryl methyl sites for hydroxylation is 1. The zero-order valence-corrected chi connectivity index (χ0v) is 11.7. The molecule has 0 aliphatic heterocycles. The molecule has 0 amide bonds. The van der Waals surface area contributed by atoms with Crippen LogP contribution in [0.5, 0.6) is 0 Å². The van der Waals surface area contributed by atoms with Crippen LogP contribution >= 0.6 is 0 Å². The first kappa shape index (κ1) is 13.2. The van der Waals surface area contributed by atoms with Crippen molar-refractivity contribution in [3.63, 3.8) is 0 Å². The standard InChI is InChI=1S/C17H13N2.Li/c1-2-12-11-19-16-10-6-5-8-14(16)13-7-3-4-9-15(13)17(19)18-12;/h3-8,10-11H,2H2,1H3;/q-1;+1. The van der Waals surface area contributed by atoms with Crippen LogP contribution in [0.3, 0.4) is 0 Å². The Balaban J connectivity index is 0.00000121. The summed E-state index contributed by atoms with van der Waals surface area (Å²) < 4.78 is 2.19. The number of hydrogen-bond acceptors (Lipinski definition) is 1. The first-order valence-corrected chi connectivity index (χ1v) is 6.57. The van der Waals surface area contributed by atoms with Gasteiger partial charge in [0.1, 0.15) is 0 Å². The van der Waals surface area contributed by atoms with E-state index < -0.39 is 0 Å². The normalized spacial score (nSPS) is 11.1. The first-order valence-electron chi connectivity index (χ1n) is 6.57. The summed E-state index contributed by atoms with van der Waals surface area (Å²) in [6, 6.07) is 17.9. The average molecular weight is 252 g/mol. The predicted octanol–water partition coefficient (Wildman–Crippen LogP) is 1.01. The molecule has 4 rings (SSSR count). The number of hydrogen-bond donors (Lipinski definition) is 0. The second-order valence-electron chi connectivity index (χ2n) is 4.76. The van der Waals surface area contributed by atoms with Gasteiger partial charge in [-0.3, -0.25) is 4.98 Å². The topological polar surface area (TPSA) is 17.3 Å². The molecule has 3 heteroatoms. The predicted molar refractivity (Wildman–Crippen MR) is 78.4 cm³/mol. The maximum atomic E-state index is 4.74. The number of pyridine rings is 1. The summed E-state index contributed by atoms with van der Waals surface area (Å²) in [6.45, 7) is 2.13. The van der Waals surface area contributed by atoms with E-state index in [1.807, 2.05) is 12.1 Å². The first-order chi connectivity index (χ1) is 9.38. The molecular formula is C17H13LiN2. The molecule has 0 saturated heterocycles. The molecule has 0 atom stereocenters. The summed E-state index contributed by atoms with van der Waals surface area (Å²) in [5.74, 6) is 0. The number of rotatable bonds is 1. The Morgan fingerprint density at radius 1 is 1.10 bits per heavy atom. The molecule has 2 nitrogen and oxygen atoms in total. The Labute approximate surface area is 129 Å². The monoisotopic (exact) mass is 252 g/mol. The number of fused-ring (bicyclic) bond motifs is 6. The molecule has 4 aromatic rings. The molecular weight excluding hydrogens is 239 g/mol. The fourth-order valence-electron chi connectivity index (χ4n) is 2.72. The maximum absolute atomic E-state index is 4.74. The van der Waals surface area contributed by atoms with Crippen molar-refractivity contribution in [3.8, 4) is 0 Å². The fourth-order valence-corrected chi connectivity index (χ4v) is 2.72. The molecule has 0 aliphatic carbocycles. The van der Waals surface area contributed by atoms with Crippen molar-refractivity contribution in [2.24, 2.45) is 0 Å². The number of nitrogens with zero attached hydrogens (tertiary/aromatic N) is 2. The SMILES string of the molecule is CCc1cn2c3ccccc3c3ccc[c-]c3c2n1.[Li+]. The van der Waals surface area contributed by atoms with Gasteiger partial charge in [0.2, 0.25) is 0 Å². The summed E-state index contributed by atoms with van der Waals surface area (Å²) >= 11 is 0. The van der Waals surface area contributed by atoms with E-state index in [1.54, 1.807) is 0 Å². The van der Waals surface area contributed by atoms with E-state index in [0.29, 0.717) is 0 Å². The van der Waals surface area contributed by atoms with Crippen molar-refractivity contribution in [1.82, 2.24) is 9.38 Å². The van der Waals surface area contributed by atoms with Gasteiger partial charge in [-0.1, -0.05) is 30.5 Å². The number of benzene rings is 2. The molecule has 0 radical (unpaired) electrons. The van der Waals surface area contributed by atoms with Crippen LogP contribution in [-0.2, 0) is 6.42 Å². The maximum Gasteiger partial charge on any atom is 1.00 e. The van der Waals surface area contributed by atoms with E-state index in [-0.39, 0.29) is 18.9 Å². The smallest absolute Gasteiger partial charge is 0.340 e. The Kier molecular flexibility index (Phi) is 3.29. The third kappa shape index (κ3) is 1.77. The largest absolute Gasteiger partial charge is 1.00 e. The van der Waals surface area contributed by atoms with Crippen molar-refractivity contribution in [2.45, 2.75) is 13.3 Å². The molecule has 92 valence electrons. The van der Waals surface area contributed by atoms with Crippen LogP contribution in [0.4, 0.5) is 0 Å². The van der Waals surface area contributed by atoms with Crippen molar-refractivity contribution in [1.29, 1.82) is 0 Å². The number of para-hydroxylation sites is 1. The summed E-state index contributed by atoms with van der Waals surface area (Å²) in [6.07, 6.45) is 3.09. The summed E-state index contributed by atoms with van der Waals surface area (Å²) in [7, 11) is 0. The molecule has 0 aliphatic rings. The van der Waals surface area contributed by atoms with Gasteiger partial charge in [0.25, 0.3) is 0 Å². The molecule has 2 aromatic heterocycles. The van der Waals surface area contributed by atoms with Crippen LogP contribution in [0.2, 0.25) is 0 Å². The van der Waals surface area contributed by atoms with Gasteiger partial charge in [0, 0.05) is 17.4 Å². The molecule has 20 heavy (non-hydrogen) atoms. The quantitative estimate of drug-likeness (QED) is 0.281. The zero-order valence-electron chi connectivity index (χ0n) is 11.7. The van der Waals surface area contributed by atoms with Crippen LogP contribution in [0, 0.1) is 6.07 Å².